The van der Waals surface area contributed by atoms with Crippen molar-refractivity contribution < 1.29 is 9.26 Å². The minimum atomic E-state index is -0.149. The molecule has 3 aliphatic rings. The molecule has 1 saturated carbocycles. The number of benzene rings is 1. The zero-order valence-corrected chi connectivity index (χ0v) is 19.5. The van der Waals surface area contributed by atoms with Gasteiger partial charge in [0.1, 0.15) is 23.9 Å². The largest absolute Gasteiger partial charge is 0.474 e. The maximum atomic E-state index is 6.50. The lowest BCUT2D eigenvalue weighted by molar-refractivity contribution is 0.109. The Balaban J connectivity index is 1.44. The summed E-state index contributed by atoms with van der Waals surface area (Å²) in [6, 6.07) is 8.03. The van der Waals surface area contributed by atoms with Crippen LogP contribution in [0.3, 0.4) is 0 Å². The summed E-state index contributed by atoms with van der Waals surface area (Å²) < 4.78 is 12.2. The minimum absolute atomic E-state index is 0.149. The molecule has 0 amide bonds. The number of nitrogens with zero attached hydrogens (tertiary/aromatic N) is 5. The molecule has 0 saturated heterocycles. The molecule has 0 bridgehead atoms. The molecule has 3 aliphatic carbocycles. The van der Waals surface area contributed by atoms with Crippen molar-refractivity contribution in [3.8, 4) is 17.4 Å². The molecule has 1 fully saturated rings. The fourth-order valence-corrected chi connectivity index (χ4v) is 6.36. The SMILES string of the molecule is C[C@H]1c2oncc2C[C@@]2(C)c3nc(-c4ncnc5ccccc45)nc(OC4CCC4)c3CC[C@H]12. The van der Waals surface area contributed by atoms with Gasteiger partial charge in [0.2, 0.25) is 5.88 Å². The summed E-state index contributed by atoms with van der Waals surface area (Å²) in [6.45, 7) is 4.62. The number of ether oxygens (including phenoxy) is 1. The molecular weight excluding hydrogens is 426 g/mol. The molecule has 1 aromatic carbocycles. The zero-order chi connectivity index (χ0) is 22.9. The first kappa shape index (κ1) is 20.1. The highest BCUT2D eigenvalue weighted by atomic mass is 16.5. The van der Waals surface area contributed by atoms with Crippen molar-refractivity contribution in [3.63, 3.8) is 0 Å². The van der Waals surface area contributed by atoms with Crippen LogP contribution in [-0.2, 0) is 18.3 Å². The molecule has 0 aliphatic heterocycles. The summed E-state index contributed by atoms with van der Waals surface area (Å²) in [5.74, 6) is 3.11. The Morgan fingerprint density at radius 3 is 2.82 bits per heavy atom. The van der Waals surface area contributed by atoms with Crippen LogP contribution < -0.4 is 4.74 Å². The van der Waals surface area contributed by atoms with E-state index >= 15 is 0 Å². The molecule has 7 rings (SSSR count). The summed E-state index contributed by atoms with van der Waals surface area (Å²) in [7, 11) is 0. The van der Waals surface area contributed by atoms with E-state index in [0.717, 1.165) is 66.0 Å². The van der Waals surface area contributed by atoms with Crippen LogP contribution in [0, 0.1) is 5.92 Å². The van der Waals surface area contributed by atoms with Crippen molar-refractivity contribution in [1.82, 2.24) is 25.1 Å². The number of rotatable bonds is 3. The average Bonchev–Trinajstić information content (AvgIpc) is 3.29. The van der Waals surface area contributed by atoms with E-state index in [0.29, 0.717) is 17.7 Å². The van der Waals surface area contributed by atoms with Gasteiger partial charge in [-0.2, -0.15) is 4.98 Å². The average molecular weight is 454 g/mol. The van der Waals surface area contributed by atoms with Gasteiger partial charge in [-0.3, -0.25) is 0 Å². The molecule has 0 N–H and O–H groups in total. The molecule has 0 spiro atoms. The highest BCUT2D eigenvalue weighted by Gasteiger charge is 2.51. The fraction of sp³-hybridized carbons (Fsp3) is 0.444. The molecule has 0 unspecified atom stereocenters. The molecule has 172 valence electrons. The highest BCUT2D eigenvalue weighted by Crippen LogP contribution is 2.54. The Morgan fingerprint density at radius 1 is 1.09 bits per heavy atom. The number of hydrogen-bond donors (Lipinski definition) is 0. The first-order valence-electron chi connectivity index (χ1n) is 12.3. The molecule has 7 heteroatoms. The Morgan fingerprint density at radius 2 is 1.97 bits per heavy atom. The van der Waals surface area contributed by atoms with Gasteiger partial charge in [0.15, 0.2) is 5.82 Å². The lowest BCUT2D eigenvalue weighted by Gasteiger charge is -2.47. The predicted octanol–water partition coefficient (Wildman–Crippen LogP) is 5.19. The van der Waals surface area contributed by atoms with Gasteiger partial charge in [0.05, 0.1) is 17.4 Å². The van der Waals surface area contributed by atoms with E-state index < -0.39 is 0 Å². The van der Waals surface area contributed by atoms with E-state index in [4.69, 9.17) is 19.2 Å². The summed E-state index contributed by atoms with van der Waals surface area (Å²) in [4.78, 5) is 19.3. The molecule has 34 heavy (non-hydrogen) atoms. The Hall–Kier alpha value is -3.35. The van der Waals surface area contributed by atoms with Gasteiger partial charge in [-0.05, 0) is 50.5 Å². The third-order valence-electron chi connectivity index (χ3n) is 8.37. The van der Waals surface area contributed by atoms with Gasteiger partial charge in [0, 0.05) is 27.8 Å². The number of fused-ring (bicyclic) bond motifs is 5. The van der Waals surface area contributed by atoms with Crippen LogP contribution in [0.2, 0.25) is 0 Å². The van der Waals surface area contributed by atoms with Crippen molar-refractivity contribution in [2.45, 2.75) is 69.8 Å². The first-order valence-corrected chi connectivity index (χ1v) is 12.3. The second-order valence-electron chi connectivity index (χ2n) is 10.3. The maximum Gasteiger partial charge on any atom is 0.220 e. The lowest BCUT2D eigenvalue weighted by Crippen LogP contribution is -2.45. The van der Waals surface area contributed by atoms with Crippen LogP contribution in [0.4, 0.5) is 0 Å². The van der Waals surface area contributed by atoms with Crippen molar-refractivity contribution >= 4 is 10.9 Å². The topological polar surface area (TPSA) is 86.8 Å². The summed E-state index contributed by atoms with van der Waals surface area (Å²) in [5.41, 5.74) is 4.95. The van der Waals surface area contributed by atoms with Crippen LogP contribution >= 0.6 is 0 Å². The number of para-hydroxylation sites is 1. The normalized spacial score (nSPS) is 25.8. The summed E-state index contributed by atoms with van der Waals surface area (Å²) >= 11 is 0. The number of hydrogen-bond acceptors (Lipinski definition) is 7. The van der Waals surface area contributed by atoms with Crippen LogP contribution in [0.15, 0.2) is 41.3 Å². The van der Waals surface area contributed by atoms with Crippen LogP contribution in [-0.4, -0.2) is 31.2 Å². The second-order valence-corrected chi connectivity index (χ2v) is 10.3. The monoisotopic (exact) mass is 453 g/mol. The summed E-state index contributed by atoms with van der Waals surface area (Å²) in [6.07, 6.45) is 9.96. The van der Waals surface area contributed by atoms with Gasteiger partial charge < -0.3 is 9.26 Å². The van der Waals surface area contributed by atoms with E-state index in [9.17, 15) is 0 Å². The van der Waals surface area contributed by atoms with Crippen molar-refractivity contribution in [2.24, 2.45) is 5.92 Å². The van der Waals surface area contributed by atoms with Crippen molar-refractivity contribution in [1.29, 1.82) is 0 Å². The quantitative estimate of drug-likeness (QED) is 0.422. The Labute approximate surface area is 198 Å². The summed E-state index contributed by atoms with van der Waals surface area (Å²) in [5, 5.41) is 5.08. The fourth-order valence-electron chi connectivity index (χ4n) is 6.36. The van der Waals surface area contributed by atoms with Gasteiger partial charge in [0.25, 0.3) is 0 Å². The van der Waals surface area contributed by atoms with Crippen LogP contribution in [0.5, 0.6) is 5.88 Å². The smallest absolute Gasteiger partial charge is 0.220 e. The number of aromatic nitrogens is 5. The Kier molecular flexibility index (Phi) is 4.32. The molecule has 3 aromatic heterocycles. The third-order valence-corrected chi connectivity index (χ3v) is 8.37. The third kappa shape index (κ3) is 2.85. The first-order chi connectivity index (χ1) is 16.6. The van der Waals surface area contributed by atoms with E-state index in [1.54, 1.807) is 6.33 Å². The van der Waals surface area contributed by atoms with Crippen molar-refractivity contribution in [2.75, 3.05) is 0 Å². The highest BCUT2D eigenvalue weighted by molar-refractivity contribution is 5.90. The van der Waals surface area contributed by atoms with Gasteiger partial charge in [-0.1, -0.05) is 37.2 Å². The minimum Gasteiger partial charge on any atom is -0.474 e. The Bertz CT molecular complexity index is 1410. The molecule has 7 nitrogen and oxygen atoms in total. The second kappa shape index (κ2) is 7.32. The molecule has 4 aromatic rings. The van der Waals surface area contributed by atoms with Gasteiger partial charge >= 0.3 is 0 Å². The predicted molar refractivity (Wildman–Crippen MR) is 127 cm³/mol. The molecular formula is C27H27N5O2. The van der Waals surface area contributed by atoms with E-state index in [2.05, 4.69) is 29.0 Å². The maximum absolute atomic E-state index is 6.50. The van der Waals surface area contributed by atoms with E-state index in [1.807, 2.05) is 30.5 Å². The standard InChI is InChI=1S/C27H27N5O2/c1-15-20-11-10-19-24(27(20,2)12-16-13-30-34-23(15)16)31-25(32-26(19)33-17-6-5-7-17)22-18-8-3-4-9-21(18)28-14-29-22/h3-4,8-9,13-15,17,20H,5-7,10-12H2,1-2H3/t15-,20-,27-/m1/s1. The molecule has 0 radical (unpaired) electrons. The van der Waals surface area contributed by atoms with Crippen LogP contribution in [0.25, 0.3) is 22.4 Å². The van der Waals surface area contributed by atoms with Gasteiger partial charge in [-0.25, -0.2) is 15.0 Å². The zero-order valence-electron chi connectivity index (χ0n) is 19.5. The molecule has 3 atom stereocenters. The van der Waals surface area contributed by atoms with Gasteiger partial charge in [-0.15, -0.1) is 0 Å². The van der Waals surface area contributed by atoms with E-state index in [1.165, 1.54) is 17.5 Å². The van der Waals surface area contributed by atoms with Crippen LogP contribution in [0.1, 0.15) is 68.0 Å². The van der Waals surface area contributed by atoms with Crippen molar-refractivity contribution in [3.05, 3.63) is 59.4 Å². The lowest BCUT2D eigenvalue weighted by atomic mass is 9.56. The molecule has 3 heterocycles. The van der Waals surface area contributed by atoms with E-state index in [-0.39, 0.29) is 11.5 Å².